The molecule has 0 atom stereocenters. The monoisotopic (exact) mass is 354 g/mol. The average molecular weight is 354 g/mol. The number of carbonyl (C=O) groups is 2. The lowest BCUT2D eigenvalue weighted by Crippen LogP contribution is -2.50. The molecule has 1 saturated heterocycles. The van der Waals surface area contributed by atoms with Crippen LogP contribution in [-0.4, -0.2) is 62.0 Å². The van der Waals surface area contributed by atoms with Gasteiger partial charge in [-0.15, -0.1) is 0 Å². The molecule has 136 valence electrons. The molecule has 1 heterocycles. The van der Waals surface area contributed by atoms with E-state index in [1.165, 1.54) is 7.11 Å². The normalized spacial score (nSPS) is 14.1. The van der Waals surface area contributed by atoms with E-state index in [9.17, 15) is 9.59 Å². The summed E-state index contributed by atoms with van der Waals surface area (Å²) in [7, 11) is 3.10. The Morgan fingerprint density at radius 2 is 1.42 bits per heavy atom. The van der Waals surface area contributed by atoms with Gasteiger partial charge in [-0.3, -0.25) is 9.59 Å². The van der Waals surface area contributed by atoms with Gasteiger partial charge in [0, 0.05) is 37.8 Å². The second kappa shape index (κ2) is 7.91. The quantitative estimate of drug-likeness (QED) is 0.845. The lowest BCUT2D eigenvalue weighted by atomic mass is 10.1. The van der Waals surface area contributed by atoms with Gasteiger partial charge in [-0.05, 0) is 24.3 Å². The van der Waals surface area contributed by atoms with Crippen molar-refractivity contribution in [2.24, 2.45) is 0 Å². The van der Waals surface area contributed by atoms with Crippen LogP contribution in [0.3, 0.4) is 0 Å². The van der Waals surface area contributed by atoms with E-state index in [2.05, 4.69) is 0 Å². The first-order valence-electron chi connectivity index (χ1n) is 8.49. The van der Waals surface area contributed by atoms with Gasteiger partial charge in [0.2, 0.25) is 0 Å². The molecule has 1 fully saturated rings. The first-order chi connectivity index (χ1) is 12.6. The van der Waals surface area contributed by atoms with Gasteiger partial charge in [0.05, 0.1) is 19.8 Å². The van der Waals surface area contributed by atoms with Crippen molar-refractivity contribution in [1.82, 2.24) is 9.80 Å². The van der Waals surface area contributed by atoms with Crippen molar-refractivity contribution < 1.29 is 19.1 Å². The van der Waals surface area contributed by atoms with Gasteiger partial charge in [0.25, 0.3) is 11.8 Å². The van der Waals surface area contributed by atoms with Gasteiger partial charge in [-0.25, -0.2) is 0 Å². The number of piperazine rings is 1. The van der Waals surface area contributed by atoms with Gasteiger partial charge in [0.1, 0.15) is 11.5 Å². The Balaban J connectivity index is 1.66. The van der Waals surface area contributed by atoms with Crippen LogP contribution in [0.4, 0.5) is 0 Å². The summed E-state index contributed by atoms with van der Waals surface area (Å²) in [4.78, 5) is 28.9. The molecule has 2 amide bonds. The molecule has 0 N–H and O–H groups in total. The molecule has 2 aromatic carbocycles. The van der Waals surface area contributed by atoms with E-state index in [1.54, 1.807) is 35.1 Å². The molecule has 2 aromatic rings. The average Bonchev–Trinajstić information content (AvgIpc) is 2.73. The molecule has 0 unspecified atom stereocenters. The number of rotatable bonds is 4. The fourth-order valence-electron chi connectivity index (χ4n) is 3.02. The van der Waals surface area contributed by atoms with Crippen molar-refractivity contribution in [3.05, 3.63) is 59.7 Å². The van der Waals surface area contributed by atoms with Crippen LogP contribution in [0.2, 0.25) is 0 Å². The molecule has 0 radical (unpaired) electrons. The predicted octanol–water partition coefficient (Wildman–Crippen LogP) is 2.30. The minimum absolute atomic E-state index is 0.000253. The molecule has 0 aliphatic carbocycles. The second-order valence-electron chi connectivity index (χ2n) is 6.02. The van der Waals surface area contributed by atoms with Crippen LogP contribution in [0.25, 0.3) is 0 Å². The molecule has 0 saturated carbocycles. The Morgan fingerprint density at radius 1 is 0.808 bits per heavy atom. The van der Waals surface area contributed by atoms with Crippen LogP contribution >= 0.6 is 0 Å². The number of hydrogen-bond acceptors (Lipinski definition) is 4. The first kappa shape index (κ1) is 17.8. The third-order valence-electron chi connectivity index (χ3n) is 4.51. The van der Waals surface area contributed by atoms with Crippen LogP contribution in [0, 0.1) is 0 Å². The van der Waals surface area contributed by atoms with Crippen molar-refractivity contribution in [2.45, 2.75) is 0 Å². The maximum atomic E-state index is 12.8. The lowest BCUT2D eigenvalue weighted by Gasteiger charge is -2.35. The standard InChI is InChI=1S/C20H22N2O4/c1-25-16-8-9-17(18(14-16)26-2)20(24)22-12-10-21(11-13-22)19(23)15-6-4-3-5-7-15/h3-9,14H,10-13H2,1-2H3. The Bertz CT molecular complexity index is 784. The van der Waals surface area contributed by atoms with Gasteiger partial charge in [-0.2, -0.15) is 0 Å². The highest BCUT2D eigenvalue weighted by Gasteiger charge is 2.27. The summed E-state index contributed by atoms with van der Waals surface area (Å²) in [6, 6.07) is 14.3. The maximum Gasteiger partial charge on any atom is 0.257 e. The van der Waals surface area contributed by atoms with E-state index >= 15 is 0 Å². The van der Waals surface area contributed by atoms with Gasteiger partial charge in [0.15, 0.2) is 0 Å². The van der Waals surface area contributed by atoms with Crippen LogP contribution in [0.5, 0.6) is 11.5 Å². The summed E-state index contributed by atoms with van der Waals surface area (Å²) in [6.07, 6.45) is 0. The number of nitrogens with zero attached hydrogens (tertiary/aromatic N) is 2. The fourth-order valence-corrected chi connectivity index (χ4v) is 3.02. The molecular weight excluding hydrogens is 332 g/mol. The lowest BCUT2D eigenvalue weighted by molar-refractivity contribution is 0.0533. The van der Waals surface area contributed by atoms with Crippen molar-refractivity contribution in [2.75, 3.05) is 40.4 Å². The molecular formula is C20H22N2O4. The predicted molar refractivity (Wildman–Crippen MR) is 97.8 cm³/mol. The second-order valence-corrected chi connectivity index (χ2v) is 6.02. The van der Waals surface area contributed by atoms with Crippen molar-refractivity contribution in [1.29, 1.82) is 0 Å². The molecule has 0 aromatic heterocycles. The first-order valence-corrected chi connectivity index (χ1v) is 8.49. The molecule has 6 nitrogen and oxygen atoms in total. The van der Waals surface area contributed by atoms with Crippen LogP contribution < -0.4 is 9.47 Å². The molecule has 6 heteroatoms. The minimum Gasteiger partial charge on any atom is -0.497 e. The maximum absolute atomic E-state index is 12.8. The third-order valence-corrected chi connectivity index (χ3v) is 4.51. The molecule has 1 aliphatic heterocycles. The van der Waals surface area contributed by atoms with Gasteiger partial charge in [-0.1, -0.05) is 18.2 Å². The zero-order chi connectivity index (χ0) is 18.5. The number of methoxy groups -OCH3 is 2. The summed E-state index contributed by atoms with van der Waals surface area (Å²) in [6.45, 7) is 2.01. The van der Waals surface area contributed by atoms with Crippen molar-refractivity contribution >= 4 is 11.8 Å². The highest BCUT2D eigenvalue weighted by Crippen LogP contribution is 2.26. The van der Waals surface area contributed by atoms with Gasteiger partial charge < -0.3 is 19.3 Å². The van der Waals surface area contributed by atoms with Crippen LogP contribution in [0.15, 0.2) is 48.5 Å². The van der Waals surface area contributed by atoms with E-state index in [4.69, 9.17) is 9.47 Å². The number of amides is 2. The Morgan fingerprint density at radius 3 is 2.00 bits per heavy atom. The van der Waals surface area contributed by atoms with E-state index in [0.717, 1.165) is 0 Å². The highest BCUT2D eigenvalue weighted by molar-refractivity contribution is 5.98. The highest BCUT2D eigenvalue weighted by atomic mass is 16.5. The summed E-state index contributed by atoms with van der Waals surface area (Å²) < 4.78 is 10.5. The molecule has 3 rings (SSSR count). The molecule has 26 heavy (non-hydrogen) atoms. The Labute approximate surface area is 152 Å². The molecule has 1 aliphatic rings. The zero-order valence-corrected chi connectivity index (χ0v) is 15.0. The summed E-state index contributed by atoms with van der Waals surface area (Å²) >= 11 is 0. The number of benzene rings is 2. The number of carbonyl (C=O) groups excluding carboxylic acids is 2. The van der Waals surface area contributed by atoms with Crippen molar-refractivity contribution in [3.8, 4) is 11.5 Å². The number of hydrogen-bond donors (Lipinski definition) is 0. The van der Waals surface area contributed by atoms with Crippen LogP contribution in [0.1, 0.15) is 20.7 Å². The van der Waals surface area contributed by atoms with Crippen molar-refractivity contribution in [3.63, 3.8) is 0 Å². The fraction of sp³-hybridized carbons (Fsp3) is 0.300. The summed E-state index contributed by atoms with van der Waals surface area (Å²) in [5.74, 6) is 1.02. The minimum atomic E-state index is -0.101. The third kappa shape index (κ3) is 3.64. The van der Waals surface area contributed by atoms with E-state index in [1.807, 2.05) is 30.3 Å². The summed E-state index contributed by atoms with van der Waals surface area (Å²) in [5.41, 5.74) is 1.17. The SMILES string of the molecule is COc1ccc(C(=O)N2CCN(C(=O)c3ccccc3)CC2)c(OC)c1. The smallest absolute Gasteiger partial charge is 0.257 e. The molecule has 0 bridgehead atoms. The Hall–Kier alpha value is -3.02. The van der Waals surface area contributed by atoms with E-state index in [0.29, 0.717) is 48.8 Å². The van der Waals surface area contributed by atoms with Gasteiger partial charge >= 0.3 is 0 Å². The topological polar surface area (TPSA) is 59.1 Å². The van der Waals surface area contributed by atoms with Crippen LogP contribution in [-0.2, 0) is 0 Å². The summed E-state index contributed by atoms with van der Waals surface area (Å²) in [5, 5.41) is 0. The number of ether oxygens (including phenoxy) is 2. The van der Waals surface area contributed by atoms with E-state index < -0.39 is 0 Å². The zero-order valence-electron chi connectivity index (χ0n) is 15.0. The molecule has 0 spiro atoms. The largest absolute Gasteiger partial charge is 0.497 e. The van der Waals surface area contributed by atoms with E-state index in [-0.39, 0.29) is 11.8 Å². The Kier molecular flexibility index (Phi) is 5.41.